The van der Waals surface area contributed by atoms with Crippen LogP contribution in [0.1, 0.15) is 13.3 Å². The number of aliphatic hydroxyl groups excluding tert-OH is 2. The summed E-state index contributed by atoms with van der Waals surface area (Å²) in [5, 5.41) is 18.3. The van der Waals surface area contributed by atoms with E-state index in [-0.39, 0.29) is 18.6 Å². The summed E-state index contributed by atoms with van der Waals surface area (Å²) in [5.41, 5.74) is -0.382. The van der Waals surface area contributed by atoms with Gasteiger partial charge in [0, 0.05) is 12.0 Å². The Morgan fingerprint density at radius 2 is 1.53 bits per heavy atom. The predicted octanol–water partition coefficient (Wildman–Crippen LogP) is -0.139. The van der Waals surface area contributed by atoms with E-state index in [1.165, 1.54) is 0 Å². The van der Waals surface area contributed by atoms with E-state index in [4.69, 9.17) is 10.2 Å². The Bertz CT molecular complexity index is 159. The molecule has 0 aliphatic carbocycles. The molecule has 0 bridgehead atoms. The molecule has 4 heteroatoms. The lowest BCUT2D eigenvalue weighted by molar-refractivity contribution is 0.0414. The van der Waals surface area contributed by atoms with Gasteiger partial charge in [-0.05, 0) is 40.7 Å². The van der Waals surface area contributed by atoms with Gasteiger partial charge in [-0.25, -0.2) is 0 Å². The molecule has 0 aliphatic rings. The first kappa shape index (κ1) is 14.8. The highest BCUT2D eigenvalue weighted by Crippen LogP contribution is 2.15. The lowest BCUT2D eigenvalue weighted by Gasteiger charge is -2.30. The van der Waals surface area contributed by atoms with E-state index in [1.54, 1.807) is 0 Å². The molecule has 2 N–H and O–H groups in total. The van der Waals surface area contributed by atoms with E-state index in [0.717, 1.165) is 26.1 Å². The molecule has 92 valence electrons. The van der Waals surface area contributed by atoms with Gasteiger partial charge < -0.3 is 20.0 Å². The molecule has 0 fully saturated rings. The average molecular weight is 218 g/mol. The summed E-state index contributed by atoms with van der Waals surface area (Å²) in [5.74, 6) is 0. The second kappa shape index (κ2) is 7.17. The Labute approximate surface area is 93.5 Å². The number of hydrogen-bond donors (Lipinski definition) is 2. The van der Waals surface area contributed by atoms with E-state index < -0.39 is 0 Å². The second-order valence-electron chi connectivity index (χ2n) is 5.02. The lowest BCUT2D eigenvalue weighted by atomic mass is 9.92. The summed E-state index contributed by atoms with van der Waals surface area (Å²) in [6, 6.07) is 0. The van der Waals surface area contributed by atoms with Gasteiger partial charge in [-0.15, -0.1) is 0 Å². The van der Waals surface area contributed by atoms with Gasteiger partial charge in [0.25, 0.3) is 0 Å². The molecule has 0 aromatic heterocycles. The fourth-order valence-corrected chi connectivity index (χ4v) is 1.54. The Balaban J connectivity index is 3.76. The molecule has 0 atom stereocenters. The lowest BCUT2D eigenvalue weighted by Crippen LogP contribution is -2.39. The highest BCUT2D eigenvalue weighted by Gasteiger charge is 2.23. The third kappa shape index (κ3) is 6.84. The Kier molecular flexibility index (Phi) is 7.09. The SMILES string of the molecule is CN(C)CCCN(C)CC(C)(CO)CO. The van der Waals surface area contributed by atoms with E-state index in [0.29, 0.717) is 0 Å². The number of rotatable bonds is 8. The van der Waals surface area contributed by atoms with Crippen LogP contribution in [0.15, 0.2) is 0 Å². The number of nitrogens with zero attached hydrogens (tertiary/aromatic N) is 2. The van der Waals surface area contributed by atoms with Gasteiger partial charge in [0.15, 0.2) is 0 Å². The van der Waals surface area contributed by atoms with Crippen LogP contribution in [0.4, 0.5) is 0 Å². The molecule has 0 aliphatic heterocycles. The zero-order valence-electron chi connectivity index (χ0n) is 10.5. The Morgan fingerprint density at radius 1 is 1.00 bits per heavy atom. The summed E-state index contributed by atoms with van der Waals surface area (Å²) < 4.78 is 0. The van der Waals surface area contributed by atoms with Crippen molar-refractivity contribution < 1.29 is 10.2 Å². The molecule has 0 saturated heterocycles. The van der Waals surface area contributed by atoms with Crippen LogP contribution in [0.25, 0.3) is 0 Å². The van der Waals surface area contributed by atoms with Crippen LogP contribution in [-0.2, 0) is 0 Å². The van der Waals surface area contributed by atoms with Crippen molar-refractivity contribution in [1.29, 1.82) is 0 Å². The van der Waals surface area contributed by atoms with Crippen molar-refractivity contribution in [2.24, 2.45) is 5.41 Å². The molecule has 0 aromatic rings. The normalized spacial score (nSPS) is 12.8. The first-order valence-corrected chi connectivity index (χ1v) is 5.48. The highest BCUT2D eigenvalue weighted by atomic mass is 16.3. The standard InChI is InChI=1S/C11H26N2O2/c1-11(9-14,10-15)8-13(4)7-5-6-12(2)3/h14-15H,5-10H2,1-4H3. The molecule has 0 aromatic carbocycles. The van der Waals surface area contributed by atoms with Crippen LogP contribution >= 0.6 is 0 Å². The van der Waals surface area contributed by atoms with Crippen LogP contribution in [0.3, 0.4) is 0 Å². The minimum absolute atomic E-state index is 0.0293. The van der Waals surface area contributed by atoms with Gasteiger partial charge in [-0.1, -0.05) is 6.92 Å². The third-order valence-corrected chi connectivity index (χ3v) is 2.56. The Morgan fingerprint density at radius 3 is 1.93 bits per heavy atom. The van der Waals surface area contributed by atoms with Crippen LogP contribution in [0.5, 0.6) is 0 Å². The van der Waals surface area contributed by atoms with Crippen molar-refractivity contribution in [3.63, 3.8) is 0 Å². The van der Waals surface area contributed by atoms with E-state index in [1.807, 2.05) is 14.0 Å². The van der Waals surface area contributed by atoms with E-state index in [2.05, 4.69) is 23.9 Å². The minimum atomic E-state index is -0.382. The topological polar surface area (TPSA) is 46.9 Å². The fourth-order valence-electron chi connectivity index (χ4n) is 1.54. The summed E-state index contributed by atoms with van der Waals surface area (Å²) in [7, 11) is 6.15. The summed E-state index contributed by atoms with van der Waals surface area (Å²) in [6.45, 7) is 4.75. The summed E-state index contributed by atoms with van der Waals surface area (Å²) in [6.07, 6.45) is 1.11. The maximum absolute atomic E-state index is 9.15. The molecule has 0 amide bonds. The molecule has 0 radical (unpaired) electrons. The van der Waals surface area contributed by atoms with Crippen molar-refractivity contribution in [3.05, 3.63) is 0 Å². The van der Waals surface area contributed by atoms with Gasteiger partial charge >= 0.3 is 0 Å². The van der Waals surface area contributed by atoms with E-state index in [9.17, 15) is 0 Å². The van der Waals surface area contributed by atoms with Crippen molar-refractivity contribution >= 4 is 0 Å². The van der Waals surface area contributed by atoms with Crippen molar-refractivity contribution in [3.8, 4) is 0 Å². The van der Waals surface area contributed by atoms with Crippen LogP contribution in [-0.4, -0.2) is 74.0 Å². The minimum Gasteiger partial charge on any atom is -0.396 e. The van der Waals surface area contributed by atoms with Crippen molar-refractivity contribution in [1.82, 2.24) is 9.80 Å². The predicted molar refractivity (Wildman–Crippen MR) is 62.9 cm³/mol. The monoisotopic (exact) mass is 218 g/mol. The molecule has 0 spiro atoms. The molecular weight excluding hydrogens is 192 g/mol. The fraction of sp³-hybridized carbons (Fsp3) is 1.00. The summed E-state index contributed by atoms with van der Waals surface area (Å²) in [4.78, 5) is 4.32. The van der Waals surface area contributed by atoms with Gasteiger partial charge in [-0.2, -0.15) is 0 Å². The molecule has 15 heavy (non-hydrogen) atoms. The number of aliphatic hydroxyl groups is 2. The summed E-state index contributed by atoms with van der Waals surface area (Å²) >= 11 is 0. The molecule has 0 heterocycles. The van der Waals surface area contributed by atoms with Crippen LogP contribution < -0.4 is 0 Å². The average Bonchev–Trinajstić information content (AvgIpc) is 2.17. The largest absolute Gasteiger partial charge is 0.396 e. The first-order chi connectivity index (χ1) is 6.93. The van der Waals surface area contributed by atoms with Gasteiger partial charge in [-0.3, -0.25) is 0 Å². The van der Waals surface area contributed by atoms with E-state index >= 15 is 0 Å². The highest BCUT2D eigenvalue weighted by molar-refractivity contribution is 4.75. The molecule has 0 saturated carbocycles. The van der Waals surface area contributed by atoms with Gasteiger partial charge in [0.2, 0.25) is 0 Å². The number of hydrogen-bond acceptors (Lipinski definition) is 4. The third-order valence-electron chi connectivity index (χ3n) is 2.56. The van der Waals surface area contributed by atoms with Crippen LogP contribution in [0.2, 0.25) is 0 Å². The molecule has 4 nitrogen and oxygen atoms in total. The molecule has 0 rings (SSSR count). The zero-order chi connectivity index (χ0) is 11.9. The first-order valence-electron chi connectivity index (χ1n) is 5.48. The molecular formula is C11H26N2O2. The molecule has 0 unspecified atom stereocenters. The van der Waals surface area contributed by atoms with Crippen molar-refractivity contribution in [2.75, 3.05) is 54.0 Å². The van der Waals surface area contributed by atoms with Crippen LogP contribution in [0, 0.1) is 5.41 Å². The smallest absolute Gasteiger partial charge is 0.0519 e. The van der Waals surface area contributed by atoms with Gasteiger partial charge in [0.1, 0.15) is 0 Å². The quantitative estimate of drug-likeness (QED) is 0.595. The second-order valence-corrected chi connectivity index (χ2v) is 5.02. The maximum Gasteiger partial charge on any atom is 0.0519 e. The van der Waals surface area contributed by atoms with Gasteiger partial charge in [0.05, 0.1) is 13.2 Å². The maximum atomic E-state index is 9.15. The van der Waals surface area contributed by atoms with Crippen molar-refractivity contribution in [2.45, 2.75) is 13.3 Å². The Hall–Kier alpha value is -0.160. The zero-order valence-corrected chi connectivity index (χ0v) is 10.5.